The van der Waals surface area contributed by atoms with Gasteiger partial charge in [-0.15, -0.1) is 11.3 Å². The molecule has 1 aromatic carbocycles. The topological polar surface area (TPSA) is 59.0 Å². The van der Waals surface area contributed by atoms with Gasteiger partial charge in [0.15, 0.2) is 5.76 Å². The number of carbonyl (C=O) groups excluding carboxylic acids is 1. The maximum Gasteiger partial charge on any atom is 0.288 e. The van der Waals surface area contributed by atoms with Crippen LogP contribution in [0.25, 0.3) is 10.1 Å². The third kappa shape index (κ3) is 4.18. The highest BCUT2D eigenvalue weighted by molar-refractivity contribution is 7.17. The summed E-state index contributed by atoms with van der Waals surface area (Å²) in [4.78, 5) is 14.1. The Bertz CT molecular complexity index is 813. The summed E-state index contributed by atoms with van der Waals surface area (Å²) in [5.74, 6) is 0.203. The van der Waals surface area contributed by atoms with Gasteiger partial charge in [-0.2, -0.15) is 0 Å². The molecule has 0 unspecified atom stereocenters. The number of likely N-dealkylation sites (N-methyl/N-ethyl adjacent to an activating group) is 1. The zero-order valence-electron chi connectivity index (χ0n) is 16.1. The first-order chi connectivity index (χ1) is 13.1. The van der Waals surface area contributed by atoms with Crippen LogP contribution in [0.3, 0.4) is 0 Å². The van der Waals surface area contributed by atoms with Gasteiger partial charge in [-0.1, -0.05) is 18.2 Å². The van der Waals surface area contributed by atoms with Gasteiger partial charge in [0.2, 0.25) is 6.29 Å². The van der Waals surface area contributed by atoms with Crippen LogP contribution in [-0.2, 0) is 14.3 Å². The molecule has 3 atom stereocenters. The highest BCUT2D eigenvalue weighted by atomic mass is 32.1. The molecule has 0 bridgehead atoms. The molecule has 1 aliphatic rings. The van der Waals surface area contributed by atoms with Crippen molar-refractivity contribution in [2.24, 2.45) is 5.92 Å². The van der Waals surface area contributed by atoms with Crippen LogP contribution in [-0.4, -0.2) is 49.5 Å². The molecule has 0 fully saturated rings. The molecule has 0 aliphatic carbocycles. The lowest BCUT2D eigenvalue weighted by atomic mass is 9.80. The molecule has 1 aromatic heterocycles. The maximum absolute atomic E-state index is 12.6. The summed E-state index contributed by atoms with van der Waals surface area (Å²) in [6.45, 7) is 2.55. The van der Waals surface area contributed by atoms with Gasteiger partial charge in [0.05, 0.1) is 0 Å². The molecular weight excluding hydrogens is 362 g/mol. The van der Waals surface area contributed by atoms with Crippen molar-refractivity contribution >= 4 is 27.3 Å². The molecule has 2 aromatic rings. The molecule has 0 saturated heterocycles. The number of allylic oxidation sites excluding steroid dienone is 1. The zero-order valence-corrected chi connectivity index (χ0v) is 16.9. The number of hydrogen-bond donors (Lipinski definition) is 1. The van der Waals surface area contributed by atoms with Crippen LogP contribution in [0, 0.1) is 5.92 Å². The summed E-state index contributed by atoms with van der Waals surface area (Å²) >= 11 is 1.71. The van der Waals surface area contributed by atoms with Crippen molar-refractivity contribution in [1.29, 1.82) is 0 Å². The summed E-state index contributed by atoms with van der Waals surface area (Å²) in [5, 5.41) is 12.7. The van der Waals surface area contributed by atoms with Crippen molar-refractivity contribution in [2.75, 3.05) is 27.3 Å². The molecule has 146 valence electrons. The van der Waals surface area contributed by atoms with Gasteiger partial charge < -0.3 is 19.5 Å². The van der Waals surface area contributed by atoms with Crippen molar-refractivity contribution < 1.29 is 19.4 Å². The van der Waals surface area contributed by atoms with Crippen LogP contribution in [0.1, 0.15) is 31.2 Å². The summed E-state index contributed by atoms with van der Waals surface area (Å²) in [7, 11) is 3.43. The molecule has 5 nitrogen and oxygen atoms in total. The zero-order chi connectivity index (χ0) is 19.4. The predicted molar refractivity (Wildman–Crippen MR) is 108 cm³/mol. The van der Waals surface area contributed by atoms with Crippen LogP contribution < -0.4 is 0 Å². The molecule has 1 aliphatic heterocycles. The lowest BCUT2D eigenvalue weighted by Crippen LogP contribution is -2.38. The molecule has 0 saturated carbocycles. The van der Waals surface area contributed by atoms with E-state index >= 15 is 0 Å². The van der Waals surface area contributed by atoms with Crippen molar-refractivity contribution in [1.82, 2.24) is 4.90 Å². The lowest BCUT2D eigenvalue weighted by molar-refractivity contribution is -0.169. The summed E-state index contributed by atoms with van der Waals surface area (Å²) < 4.78 is 13.1. The van der Waals surface area contributed by atoms with Crippen LogP contribution >= 0.6 is 11.3 Å². The minimum absolute atomic E-state index is 0.00287. The molecule has 6 heteroatoms. The van der Waals surface area contributed by atoms with Gasteiger partial charge in [0, 0.05) is 43.8 Å². The average Bonchev–Trinajstić information content (AvgIpc) is 3.10. The number of aliphatic hydroxyl groups is 1. The van der Waals surface area contributed by atoms with E-state index < -0.39 is 6.29 Å². The first kappa shape index (κ1) is 19.9. The fraction of sp³-hybridized carbons (Fsp3) is 0.476. The standard InChI is InChI=1S/C21H27NO4S/c1-4-25-21-15(9-7-11-23)16(12-18(26-21)20(24)22(2)3)17-13-27-19-10-6-5-8-14(17)19/h5-6,8,10,12-13,15-16,21,23H,4,7,9,11H2,1-3H3/t15-,16+,21-/m1/s1. The number of ether oxygens (including phenoxy) is 2. The van der Waals surface area contributed by atoms with E-state index in [1.165, 1.54) is 20.5 Å². The molecule has 27 heavy (non-hydrogen) atoms. The number of amides is 1. The second kappa shape index (κ2) is 8.87. The third-order valence-corrected chi connectivity index (χ3v) is 5.88. The SMILES string of the molecule is CCO[C@@H]1OC(C(=O)N(C)C)=C[C@H](c2csc3ccccc23)[C@H]1CCCO. The average molecular weight is 390 g/mol. The van der Waals surface area contributed by atoms with Crippen molar-refractivity contribution in [3.63, 3.8) is 0 Å². The van der Waals surface area contributed by atoms with Crippen molar-refractivity contribution in [3.05, 3.63) is 47.0 Å². The molecule has 1 N–H and O–H groups in total. The smallest absolute Gasteiger partial charge is 0.288 e. The Labute approximate surface area is 164 Å². The maximum atomic E-state index is 12.6. The van der Waals surface area contributed by atoms with Crippen LogP contribution in [0.2, 0.25) is 0 Å². The Balaban J connectivity index is 2.07. The van der Waals surface area contributed by atoms with E-state index in [2.05, 4.69) is 17.5 Å². The van der Waals surface area contributed by atoms with E-state index in [-0.39, 0.29) is 24.3 Å². The van der Waals surface area contributed by atoms with Crippen molar-refractivity contribution in [3.8, 4) is 0 Å². The molecule has 2 heterocycles. The molecule has 1 amide bonds. The second-order valence-electron chi connectivity index (χ2n) is 6.91. The highest BCUT2D eigenvalue weighted by Gasteiger charge is 2.38. The number of hydrogen-bond acceptors (Lipinski definition) is 5. The third-order valence-electron chi connectivity index (χ3n) is 4.90. The largest absolute Gasteiger partial charge is 0.459 e. The Morgan fingerprint density at radius 1 is 1.33 bits per heavy atom. The quantitative estimate of drug-likeness (QED) is 0.784. The fourth-order valence-electron chi connectivity index (χ4n) is 3.59. The van der Waals surface area contributed by atoms with Crippen LogP contribution in [0.4, 0.5) is 0 Å². The van der Waals surface area contributed by atoms with Crippen molar-refractivity contribution in [2.45, 2.75) is 32.0 Å². The minimum Gasteiger partial charge on any atom is -0.459 e. The minimum atomic E-state index is -0.505. The first-order valence-corrected chi connectivity index (χ1v) is 10.2. The van der Waals surface area contributed by atoms with E-state index in [1.807, 2.05) is 25.1 Å². The number of aliphatic hydroxyl groups excluding tert-OH is 1. The Morgan fingerprint density at radius 3 is 2.81 bits per heavy atom. The highest BCUT2D eigenvalue weighted by Crippen LogP contribution is 2.43. The number of thiophene rings is 1. The number of rotatable bonds is 7. The van der Waals surface area contributed by atoms with Gasteiger partial charge in [0.25, 0.3) is 5.91 Å². The van der Waals surface area contributed by atoms with E-state index in [9.17, 15) is 9.90 Å². The Kier molecular flexibility index (Phi) is 6.52. The molecule has 3 rings (SSSR count). The molecule has 0 spiro atoms. The van der Waals surface area contributed by atoms with Crippen LogP contribution in [0.5, 0.6) is 0 Å². The molecule has 0 radical (unpaired) electrons. The lowest BCUT2D eigenvalue weighted by Gasteiger charge is -2.37. The van der Waals surface area contributed by atoms with E-state index in [0.717, 1.165) is 6.42 Å². The van der Waals surface area contributed by atoms with E-state index in [1.54, 1.807) is 25.4 Å². The summed E-state index contributed by atoms with van der Waals surface area (Å²) in [6.07, 6.45) is 2.86. The van der Waals surface area contributed by atoms with Gasteiger partial charge in [-0.05, 0) is 48.2 Å². The number of carbonyl (C=O) groups is 1. The first-order valence-electron chi connectivity index (χ1n) is 9.35. The number of fused-ring (bicyclic) bond motifs is 1. The Morgan fingerprint density at radius 2 is 2.11 bits per heavy atom. The molecular formula is C21H27NO4S. The summed E-state index contributed by atoms with van der Waals surface area (Å²) in [6, 6.07) is 8.31. The second-order valence-corrected chi connectivity index (χ2v) is 7.83. The number of benzene rings is 1. The van der Waals surface area contributed by atoms with Crippen LogP contribution in [0.15, 0.2) is 41.5 Å². The normalized spacial score (nSPS) is 22.4. The van der Waals surface area contributed by atoms with Gasteiger partial charge in [-0.25, -0.2) is 0 Å². The number of nitrogens with zero attached hydrogens (tertiary/aromatic N) is 1. The van der Waals surface area contributed by atoms with Gasteiger partial charge in [-0.3, -0.25) is 4.79 Å². The van der Waals surface area contributed by atoms with Gasteiger partial charge in [0.1, 0.15) is 0 Å². The fourth-order valence-corrected chi connectivity index (χ4v) is 4.60. The van der Waals surface area contributed by atoms with E-state index in [0.29, 0.717) is 18.8 Å². The summed E-state index contributed by atoms with van der Waals surface area (Å²) in [5.41, 5.74) is 1.19. The van der Waals surface area contributed by atoms with E-state index in [4.69, 9.17) is 9.47 Å². The van der Waals surface area contributed by atoms with Gasteiger partial charge >= 0.3 is 0 Å². The predicted octanol–water partition coefficient (Wildman–Crippen LogP) is 3.74. The monoisotopic (exact) mass is 389 g/mol. The Hall–Kier alpha value is -1.89.